The third-order valence-electron chi connectivity index (χ3n) is 4.17. The molecular formula is C20H23N5O3. The fourth-order valence-electron chi connectivity index (χ4n) is 2.72. The zero-order valence-electron chi connectivity index (χ0n) is 16.0. The van der Waals surface area contributed by atoms with Crippen LogP contribution in [0, 0.1) is 0 Å². The number of anilines is 1. The first-order valence-corrected chi connectivity index (χ1v) is 8.69. The molecule has 2 aromatic rings. The fraction of sp³-hybridized carbons (Fsp3) is 0.250. The number of hydrogen-bond donors (Lipinski definition) is 0. The van der Waals surface area contributed by atoms with Crippen molar-refractivity contribution in [2.24, 2.45) is 10.2 Å². The number of amides is 1. The summed E-state index contributed by atoms with van der Waals surface area (Å²) in [6, 6.07) is 8.72. The molecule has 0 aliphatic heterocycles. The number of aromatic nitrogens is 1. The number of pyridine rings is 1. The predicted molar refractivity (Wildman–Crippen MR) is 109 cm³/mol. The molecule has 0 N–H and O–H groups in total. The molecule has 28 heavy (non-hydrogen) atoms. The number of hydrazone groups is 2. The largest absolute Gasteiger partial charge is 0.465 e. The van der Waals surface area contributed by atoms with Gasteiger partial charge >= 0.3 is 5.97 Å². The van der Waals surface area contributed by atoms with Gasteiger partial charge in [-0.25, -0.2) is 4.79 Å². The number of likely N-dealkylation sites (N-methyl/N-ethyl adjacent to an activating group) is 1. The van der Waals surface area contributed by atoms with Gasteiger partial charge in [0.2, 0.25) is 0 Å². The first kappa shape index (κ1) is 20.8. The van der Waals surface area contributed by atoms with Crippen LogP contribution in [0.15, 0.2) is 52.9 Å². The smallest absolute Gasteiger partial charge is 0.339 e. The van der Waals surface area contributed by atoms with Gasteiger partial charge in [-0.05, 0) is 37.1 Å². The van der Waals surface area contributed by atoms with Crippen LogP contribution < -0.4 is 5.12 Å². The Morgan fingerprint density at radius 1 is 1.18 bits per heavy atom. The van der Waals surface area contributed by atoms with E-state index in [1.807, 2.05) is 6.92 Å². The van der Waals surface area contributed by atoms with Gasteiger partial charge in [-0.2, -0.15) is 15.3 Å². The van der Waals surface area contributed by atoms with Crippen LogP contribution in [-0.2, 0) is 11.2 Å². The molecule has 0 radical (unpaired) electrons. The average Bonchev–Trinajstić information content (AvgIpc) is 2.75. The molecular weight excluding hydrogens is 358 g/mol. The fourth-order valence-corrected chi connectivity index (χ4v) is 2.72. The van der Waals surface area contributed by atoms with Crippen LogP contribution in [-0.4, -0.2) is 55.4 Å². The molecule has 1 heterocycles. The predicted octanol–water partition coefficient (Wildman–Crippen LogP) is 2.61. The lowest BCUT2D eigenvalue weighted by Gasteiger charge is -2.23. The van der Waals surface area contributed by atoms with Gasteiger partial charge in [0, 0.05) is 38.9 Å². The van der Waals surface area contributed by atoms with Crippen LogP contribution in [0.1, 0.15) is 33.2 Å². The number of carbonyl (C=O) groups excluding carboxylic acids is 2. The van der Waals surface area contributed by atoms with Crippen molar-refractivity contribution in [1.82, 2.24) is 9.88 Å². The van der Waals surface area contributed by atoms with Gasteiger partial charge in [-0.3, -0.25) is 9.78 Å². The van der Waals surface area contributed by atoms with Crippen molar-refractivity contribution in [2.45, 2.75) is 13.3 Å². The van der Waals surface area contributed by atoms with Crippen molar-refractivity contribution >= 4 is 31.0 Å². The molecule has 0 spiro atoms. The first-order chi connectivity index (χ1) is 13.5. The summed E-state index contributed by atoms with van der Waals surface area (Å²) in [5.41, 5.74) is 2.17. The van der Waals surface area contributed by atoms with E-state index in [4.69, 9.17) is 4.74 Å². The first-order valence-electron chi connectivity index (χ1n) is 8.69. The Labute approximate surface area is 164 Å². The number of nitrogens with zero attached hydrogens (tertiary/aromatic N) is 5. The van der Waals surface area contributed by atoms with E-state index in [0.29, 0.717) is 36.3 Å². The number of para-hydroxylation sites is 1. The minimum Gasteiger partial charge on any atom is -0.465 e. The molecule has 0 unspecified atom stereocenters. The molecule has 0 aliphatic carbocycles. The zero-order chi connectivity index (χ0) is 20.5. The van der Waals surface area contributed by atoms with E-state index >= 15 is 0 Å². The molecule has 1 amide bonds. The molecule has 0 bridgehead atoms. The maximum absolute atomic E-state index is 13.1. The third-order valence-corrected chi connectivity index (χ3v) is 4.17. The van der Waals surface area contributed by atoms with Gasteiger partial charge in [0.05, 0.1) is 23.9 Å². The summed E-state index contributed by atoms with van der Waals surface area (Å²) in [6.45, 7) is 9.78. The van der Waals surface area contributed by atoms with Gasteiger partial charge in [0.15, 0.2) is 0 Å². The Hall–Kier alpha value is -3.55. The highest BCUT2D eigenvalue weighted by atomic mass is 16.5. The van der Waals surface area contributed by atoms with Gasteiger partial charge < -0.3 is 9.64 Å². The Morgan fingerprint density at radius 2 is 1.89 bits per heavy atom. The average molecular weight is 381 g/mol. The molecule has 0 saturated heterocycles. The second-order valence-corrected chi connectivity index (χ2v) is 5.80. The maximum Gasteiger partial charge on any atom is 0.339 e. The Balaban J connectivity index is 2.18. The van der Waals surface area contributed by atoms with Gasteiger partial charge in [0.1, 0.15) is 0 Å². The summed E-state index contributed by atoms with van der Waals surface area (Å²) < 4.78 is 4.71. The molecule has 8 nitrogen and oxygen atoms in total. The Morgan fingerprint density at radius 3 is 2.54 bits per heavy atom. The molecule has 0 aliphatic rings. The van der Waals surface area contributed by atoms with Crippen molar-refractivity contribution < 1.29 is 14.3 Å². The van der Waals surface area contributed by atoms with Crippen LogP contribution >= 0.6 is 0 Å². The van der Waals surface area contributed by atoms with E-state index in [0.717, 1.165) is 5.56 Å². The van der Waals surface area contributed by atoms with E-state index in [1.165, 1.54) is 18.4 Å². The van der Waals surface area contributed by atoms with Gasteiger partial charge in [-0.1, -0.05) is 12.1 Å². The SMILES string of the molecule is C=NN(N=C)c1ccccc1C(=O)N(CC)CCc1cncc(C(=O)OC)c1. The van der Waals surface area contributed by atoms with Gasteiger partial charge in [0.25, 0.3) is 5.91 Å². The van der Waals surface area contributed by atoms with Crippen molar-refractivity contribution in [3.05, 3.63) is 59.4 Å². The lowest BCUT2D eigenvalue weighted by molar-refractivity contribution is 0.0599. The van der Waals surface area contributed by atoms with Crippen LogP contribution in [0.2, 0.25) is 0 Å². The van der Waals surface area contributed by atoms with Crippen LogP contribution in [0.4, 0.5) is 5.69 Å². The Kier molecular flexibility index (Phi) is 7.38. The van der Waals surface area contributed by atoms with Crippen molar-refractivity contribution in [3.8, 4) is 0 Å². The standard InChI is InChI=1S/C20H23N5O3/c1-5-24(11-10-15-12-16(14-23-13-15)20(27)28-4)19(26)17-8-6-7-9-18(17)25(21-2)22-3/h6-9,12-14H,2-3,5,10-11H2,1,4H3. The topological polar surface area (TPSA) is 87.5 Å². The molecule has 0 atom stereocenters. The minimum absolute atomic E-state index is 0.160. The molecule has 0 saturated carbocycles. The second-order valence-electron chi connectivity index (χ2n) is 5.80. The maximum atomic E-state index is 13.1. The summed E-state index contributed by atoms with van der Waals surface area (Å²) in [4.78, 5) is 30.5. The lowest BCUT2D eigenvalue weighted by atomic mass is 10.1. The monoisotopic (exact) mass is 381 g/mol. The summed E-state index contributed by atoms with van der Waals surface area (Å²) in [7, 11) is 1.32. The molecule has 8 heteroatoms. The van der Waals surface area contributed by atoms with Crippen LogP contribution in [0.25, 0.3) is 0 Å². The van der Waals surface area contributed by atoms with Crippen LogP contribution in [0.3, 0.4) is 0 Å². The van der Waals surface area contributed by atoms with Crippen molar-refractivity contribution in [1.29, 1.82) is 0 Å². The highest BCUT2D eigenvalue weighted by Gasteiger charge is 2.20. The molecule has 1 aromatic heterocycles. The molecule has 146 valence electrons. The number of esters is 1. The summed E-state index contributed by atoms with van der Waals surface area (Å²) in [5, 5.41) is 8.74. The number of methoxy groups -OCH3 is 1. The van der Waals surface area contributed by atoms with E-state index in [1.54, 1.807) is 41.4 Å². The zero-order valence-corrected chi connectivity index (χ0v) is 16.0. The summed E-state index contributed by atoms with van der Waals surface area (Å²) in [5.74, 6) is -0.604. The number of benzene rings is 1. The van der Waals surface area contributed by atoms with E-state index in [-0.39, 0.29) is 5.91 Å². The normalized spacial score (nSPS) is 10.1. The van der Waals surface area contributed by atoms with E-state index < -0.39 is 5.97 Å². The number of hydrogen-bond acceptors (Lipinski definition) is 7. The number of rotatable bonds is 9. The van der Waals surface area contributed by atoms with Crippen molar-refractivity contribution in [2.75, 3.05) is 25.3 Å². The minimum atomic E-state index is -0.444. The van der Waals surface area contributed by atoms with Crippen LogP contribution in [0.5, 0.6) is 0 Å². The quantitative estimate of drug-likeness (QED) is 0.378. The highest BCUT2D eigenvalue weighted by Crippen LogP contribution is 2.22. The molecule has 0 fully saturated rings. The third kappa shape index (κ3) is 4.79. The van der Waals surface area contributed by atoms with Crippen molar-refractivity contribution in [3.63, 3.8) is 0 Å². The summed E-state index contributed by atoms with van der Waals surface area (Å²) in [6.07, 6.45) is 3.67. The molecule has 1 aromatic carbocycles. The molecule has 2 rings (SSSR count). The number of carbonyl (C=O) groups is 2. The Bertz CT molecular complexity index is 860. The number of ether oxygens (including phenoxy) is 1. The van der Waals surface area contributed by atoms with Gasteiger partial charge in [-0.15, -0.1) is 0 Å². The van der Waals surface area contributed by atoms with E-state index in [2.05, 4.69) is 28.6 Å². The van der Waals surface area contributed by atoms with E-state index in [9.17, 15) is 9.59 Å². The second kappa shape index (κ2) is 9.96. The highest BCUT2D eigenvalue weighted by molar-refractivity contribution is 5.99. The summed E-state index contributed by atoms with van der Waals surface area (Å²) >= 11 is 0. The lowest BCUT2D eigenvalue weighted by Crippen LogP contribution is -2.33.